The van der Waals surface area contributed by atoms with Gasteiger partial charge < -0.3 is 20.6 Å². The first kappa shape index (κ1) is 36.7. The molecule has 9 nitrogen and oxygen atoms in total. The molecule has 270 valence electrons. The number of aromatic nitrogens is 3. The molecule has 3 atom stereocenters. The number of amides is 2. The summed E-state index contributed by atoms with van der Waals surface area (Å²) in [7, 11) is 0. The Hall–Kier alpha value is -5.05. The van der Waals surface area contributed by atoms with Gasteiger partial charge in [-0.2, -0.15) is 17.6 Å². The lowest BCUT2D eigenvalue weighted by Crippen LogP contribution is -2.48. The van der Waals surface area contributed by atoms with Crippen LogP contribution in [0.3, 0.4) is 0 Å². The van der Waals surface area contributed by atoms with Crippen molar-refractivity contribution in [2.24, 2.45) is 0 Å². The Balaban J connectivity index is 1.25. The average Bonchev–Trinajstić information content (AvgIpc) is 3.80. The summed E-state index contributed by atoms with van der Waals surface area (Å²) in [4.78, 5) is 42.7. The second-order valence-corrected chi connectivity index (χ2v) is 13.5. The van der Waals surface area contributed by atoms with Crippen LogP contribution in [-0.2, 0) is 19.1 Å². The van der Waals surface area contributed by atoms with E-state index in [0.717, 1.165) is 47.3 Å². The van der Waals surface area contributed by atoms with E-state index in [2.05, 4.69) is 25.6 Å². The molecule has 0 spiro atoms. The minimum absolute atomic E-state index is 0.00932. The molecule has 0 radical (unpaired) electrons. The molecule has 3 N–H and O–H groups in total. The predicted molar refractivity (Wildman–Crippen MR) is 188 cm³/mol. The van der Waals surface area contributed by atoms with Gasteiger partial charge in [-0.15, -0.1) is 11.3 Å². The van der Waals surface area contributed by atoms with Crippen molar-refractivity contribution in [1.29, 1.82) is 0 Å². The highest BCUT2D eigenvalue weighted by atomic mass is 32.1. The van der Waals surface area contributed by atoms with Gasteiger partial charge in [-0.1, -0.05) is 48.5 Å². The summed E-state index contributed by atoms with van der Waals surface area (Å²) >= 11 is 1.48. The molecule has 1 saturated heterocycles. The van der Waals surface area contributed by atoms with Crippen LogP contribution in [0.2, 0.25) is 0 Å². The Morgan fingerprint density at radius 1 is 1.02 bits per heavy atom. The Kier molecular flexibility index (Phi) is 11.4. The fourth-order valence-corrected chi connectivity index (χ4v) is 7.10. The maximum Gasteiger partial charge on any atom is 0.416 e. The van der Waals surface area contributed by atoms with Crippen LogP contribution in [0.25, 0.3) is 11.3 Å². The van der Waals surface area contributed by atoms with Crippen LogP contribution >= 0.6 is 11.3 Å². The number of nitrogens with one attached hydrogen (secondary N) is 2. The van der Waals surface area contributed by atoms with Gasteiger partial charge in [0.25, 0.3) is 11.8 Å². The van der Waals surface area contributed by atoms with Crippen molar-refractivity contribution < 1.29 is 32.3 Å². The topological polar surface area (TPSA) is 120 Å². The molecule has 3 aromatic heterocycles. The van der Waals surface area contributed by atoms with Crippen LogP contribution in [0.4, 0.5) is 17.6 Å². The predicted octanol–water partition coefficient (Wildman–Crippen LogP) is 6.54. The first-order chi connectivity index (χ1) is 24.9. The summed E-state index contributed by atoms with van der Waals surface area (Å²) < 4.78 is 53.4. The van der Waals surface area contributed by atoms with Crippen LogP contribution in [0.1, 0.15) is 67.1 Å². The molecule has 1 aliphatic heterocycles. The van der Waals surface area contributed by atoms with E-state index >= 15 is 0 Å². The van der Waals surface area contributed by atoms with Gasteiger partial charge in [-0.05, 0) is 67.6 Å². The van der Waals surface area contributed by atoms with E-state index in [4.69, 9.17) is 0 Å². The average molecular weight is 733 g/mol. The lowest BCUT2D eigenvalue weighted by atomic mass is 10.00. The molecule has 0 bridgehead atoms. The highest BCUT2D eigenvalue weighted by Gasteiger charge is 2.34. The van der Waals surface area contributed by atoms with Crippen molar-refractivity contribution >= 4 is 23.2 Å². The van der Waals surface area contributed by atoms with Crippen LogP contribution in [0, 0.1) is 12.9 Å². The summed E-state index contributed by atoms with van der Waals surface area (Å²) in [6.45, 7) is 2.37. The van der Waals surface area contributed by atoms with E-state index in [1.165, 1.54) is 41.8 Å². The molecule has 6 rings (SSSR count). The van der Waals surface area contributed by atoms with E-state index in [1.54, 1.807) is 11.0 Å². The number of halogens is 4. The molecule has 52 heavy (non-hydrogen) atoms. The second kappa shape index (κ2) is 16.1. The smallest absolute Gasteiger partial charge is 0.390 e. The van der Waals surface area contributed by atoms with Gasteiger partial charge in [0, 0.05) is 48.0 Å². The Bertz CT molecular complexity index is 2010. The number of likely N-dealkylation sites (tertiary alicyclic amines) is 1. The molecule has 5 aromatic rings. The lowest BCUT2D eigenvalue weighted by molar-refractivity contribution is -0.137. The van der Waals surface area contributed by atoms with Crippen LogP contribution in [0.5, 0.6) is 0 Å². The number of benzene rings is 2. The third-order valence-electron chi connectivity index (χ3n) is 8.78. The summed E-state index contributed by atoms with van der Waals surface area (Å²) in [5.41, 5.74) is 2.01. The molecule has 0 saturated carbocycles. The number of aryl methyl sites for hydroxylation is 1. The molecule has 1 aliphatic rings. The first-order valence-corrected chi connectivity index (χ1v) is 17.6. The fraction of sp³-hybridized carbons (Fsp3) is 0.289. The Labute approximate surface area is 301 Å². The number of pyridine rings is 2. The van der Waals surface area contributed by atoms with Crippen molar-refractivity contribution in [2.45, 2.75) is 57.1 Å². The lowest BCUT2D eigenvalue weighted by Gasteiger charge is -2.26. The van der Waals surface area contributed by atoms with Gasteiger partial charge in [0.2, 0.25) is 5.95 Å². The summed E-state index contributed by atoms with van der Waals surface area (Å²) in [5, 5.41) is 20.0. The quantitative estimate of drug-likeness (QED) is 0.0986. The molecule has 4 heterocycles. The Morgan fingerprint density at radius 2 is 1.81 bits per heavy atom. The number of nitrogens with zero attached hydrogens (tertiary/aromatic N) is 4. The highest BCUT2D eigenvalue weighted by molar-refractivity contribution is 7.09. The molecular weight excluding hydrogens is 697 g/mol. The van der Waals surface area contributed by atoms with Crippen LogP contribution in [0.15, 0.2) is 90.4 Å². The standard InChI is InChI=1S/C38H36F4N6O3S/c1-23-22-52-36(45-23)32-11-6-14-48(32)37(51)31-18-27(17-29(46-31)26-12-13-34(39)44-20-26)35(50)47-30(16-24-7-3-2-4-8-24)33(49)21-43-19-25-9-5-10-28(15-25)38(40,41)42/h2-5,7-10,12-13,15,17-18,20,22,30,32-33,43,49H,6,11,14,16,19,21H2,1H3,(H,47,50)/t30-,32+,33+/m0/s1. The van der Waals surface area contributed by atoms with E-state index in [0.29, 0.717) is 17.7 Å². The summed E-state index contributed by atoms with van der Waals surface area (Å²) in [5.74, 6) is -1.69. The largest absolute Gasteiger partial charge is 0.416 e. The van der Waals surface area contributed by atoms with E-state index < -0.39 is 35.7 Å². The zero-order valence-electron chi connectivity index (χ0n) is 28.1. The van der Waals surface area contributed by atoms with Crippen molar-refractivity contribution in [2.75, 3.05) is 13.1 Å². The minimum atomic E-state index is -4.48. The zero-order chi connectivity index (χ0) is 36.8. The third-order valence-corrected chi connectivity index (χ3v) is 9.85. The van der Waals surface area contributed by atoms with E-state index in [9.17, 15) is 32.3 Å². The second-order valence-electron chi connectivity index (χ2n) is 12.6. The zero-order valence-corrected chi connectivity index (χ0v) is 28.9. The number of aliphatic hydroxyl groups is 1. The van der Waals surface area contributed by atoms with Gasteiger partial charge in [0.1, 0.15) is 10.7 Å². The van der Waals surface area contributed by atoms with Gasteiger partial charge in [0.15, 0.2) is 0 Å². The number of rotatable bonds is 12. The highest BCUT2D eigenvalue weighted by Crippen LogP contribution is 2.35. The minimum Gasteiger partial charge on any atom is -0.390 e. The van der Waals surface area contributed by atoms with Crippen LogP contribution in [-0.4, -0.2) is 62.0 Å². The number of hydrogen-bond donors (Lipinski definition) is 3. The van der Waals surface area contributed by atoms with E-state index in [1.807, 2.05) is 42.6 Å². The van der Waals surface area contributed by atoms with Gasteiger partial charge in [-0.3, -0.25) is 9.59 Å². The molecule has 14 heteroatoms. The number of carbonyl (C=O) groups excluding carboxylic acids is 2. The molecule has 0 aliphatic carbocycles. The van der Waals surface area contributed by atoms with E-state index in [-0.39, 0.29) is 48.4 Å². The van der Waals surface area contributed by atoms with Gasteiger partial charge in [0.05, 0.1) is 29.4 Å². The molecule has 2 amide bonds. The normalized spacial score (nSPS) is 15.7. The molecule has 0 unspecified atom stereocenters. The maximum absolute atomic E-state index is 14.1. The molecular formula is C38H36F4N6O3S. The third kappa shape index (κ3) is 9.05. The van der Waals surface area contributed by atoms with Crippen LogP contribution < -0.4 is 10.6 Å². The Morgan fingerprint density at radius 3 is 2.52 bits per heavy atom. The molecule has 1 fully saturated rings. The van der Waals surface area contributed by atoms with Crippen molar-refractivity contribution in [3.05, 3.63) is 135 Å². The van der Waals surface area contributed by atoms with Gasteiger partial charge >= 0.3 is 6.18 Å². The maximum atomic E-state index is 14.1. The number of thiazole rings is 1. The summed E-state index contributed by atoms with van der Waals surface area (Å²) in [6, 6.07) is 18.5. The summed E-state index contributed by atoms with van der Waals surface area (Å²) in [6.07, 6.45) is -2.65. The first-order valence-electron chi connectivity index (χ1n) is 16.7. The van der Waals surface area contributed by atoms with Crippen molar-refractivity contribution in [3.8, 4) is 11.3 Å². The number of aliphatic hydroxyl groups excluding tert-OH is 1. The monoisotopic (exact) mass is 732 g/mol. The number of alkyl halides is 3. The molecule has 2 aromatic carbocycles. The number of hydrogen-bond acceptors (Lipinski definition) is 8. The number of carbonyl (C=O) groups is 2. The van der Waals surface area contributed by atoms with Gasteiger partial charge in [-0.25, -0.2) is 15.0 Å². The van der Waals surface area contributed by atoms with Crippen molar-refractivity contribution in [3.63, 3.8) is 0 Å². The van der Waals surface area contributed by atoms with Crippen molar-refractivity contribution in [1.82, 2.24) is 30.5 Å². The SMILES string of the molecule is Cc1csc([C@H]2CCCN2C(=O)c2cc(C(=O)N[C@@H](Cc3ccccc3)[C@H](O)CNCc3cccc(C(F)(F)F)c3)cc(-c3ccc(F)nc3)n2)n1. The fourth-order valence-electron chi connectivity index (χ4n) is 6.15.